The van der Waals surface area contributed by atoms with Gasteiger partial charge in [-0.2, -0.15) is 5.26 Å². The fraction of sp³-hybridized carbons (Fsp3) is 0. The summed E-state index contributed by atoms with van der Waals surface area (Å²) in [5.41, 5.74) is 19.5. The first-order valence-electron chi connectivity index (χ1n) is 33.8. The van der Waals surface area contributed by atoms with E-state index in [1.807, 2.05) is 18.2 Å². The predicted octanol–water partition coefficient (Wildman–Crippen LogP) is 23.2. The van der Waals surface area contributed by atoms with Crippen molar-refractivity contribution in [3.8, 4) is 79.5 Å². The van der Waals surface area contributed by atoms with Gasteiger partial charge in [-0.25, -0.2) is 9.97 Å². The minimum absolute atomic E-state index is 0.356. The van der Waals surface area contributed by atoms with Crippen molar-refractivity contribution in [1.82, 2.24) is 32.8 Å². The summed E-state index contributed by atoms with van der Waals surface area (Å²) in [6.07, 6.45) is 0. The van der Waals surface area contributed by atoms with Crippen LogP contribution in [0.2, 0.25) is 0 Å². The van der Waals surface area contributed by atoms with Gasteiger partial charge in [-0.3, -0.25) is 13.7 Å². The zero-order chi connectivity index (χ0) is 65.7. The molecule has 7 heterocycles. The SMILES string of the molecule is N#Cc1c(-c2nc(-n3c4ccccc4c4cc5c6ccccc6n(-c6ccccc6)c5cc43)cc(-n3c4ccccc4c4cc5c6ccccc6n(-c6ccccc6)c5cc43)n2)c(-c2ccccc2)c(-c2ccccc2)c(-c2ccccc2)c1-n1c2ccccc2c2c3ccccc3oc21. The van der Waals surface area contributed by atoms with Crippen LogP contribution in [0.4, 0.5) is 0 Å². The Bertz CT molecular complexity index is 6760. The third-order valence-corrected chi connectivity index (χ3v) is 20.5. The summed E-state index contributed by atoms with van der Waals surface area (Å²) in [6, 6.07) is 119. The summed E-state index contributed by atoms with van der Waals surface area (Å²) < 4.78 is 18.8. The summed E-state index contributed by atoms with van der Waals surface area (Å²) in [6.45, 7) is 0. The molecule has 21 aromatic rings. The first kappa shape index (κ1) is 55.5. The van der Waals surface area contributed by atoms with E-state index in [0.29, 0.717) is 40.0 Å². The fourth-order valence-electron chi connectivity index (χ4n) is 16.5. The van der Waals surface area contributed by atoms with Crippen molar-refractivity contribution in [2.45, 2.75) is 0 Å². The third-order valence-electron chi connectivity index (χ3n) is 20.5. The average molecular weight is 1280 g/mol. The molecule has 0 unspecified atom stereocenters. The zero-order valence-corrected chi connectivity index (χ0v) is 53.7. The molecule has 7 aromatic heterocycles. The van der Waals surface area contributed by atoms with Crippen LogP contribution >= 0.6 is 0 Å². The Hall–Kier alpha value is -13.8. The topological polar surface area (TPSA) is 87.4 Å². The monoisotopic (exact) mass is 1270 g/mol. The molecule has 21 rings (SSSR count). The minimum atomic E-state index is 0.356. The van der Waals surface area contributed by atoms with E-state index in [2.05, 4.69) is 338 Å². The maximum atomic E-state index is 13.0. The van der Waals surface area contributed by atoms with E-state index in [9.17, 15) is 5.26 Å². The van der Waals surface area contributed by atoms with Gasteiger partial charge in [0.25, 0.3) is 0 Å². The Morgan fingerprint density at radius 2 is 0.610 bits per heavy atom. The molecule has 464 valence electrons. The van der Waals surface area contributed by atoms with Gasteiger partial charge in [-0.15, -0.1) is 0 Å². The lowest BCUT2D eigenvalue weighted by Gasteiger charge is -2.26. The number of nitriles is 1. The van der Waals surface area contributed by atoms with Crippen molar-refractivity contribution in [3.63, 3.8) is 0 Å². The van der Waals surface area contributed by atoms with Crippen molar-refractivity contribution in [1.29, 1.82) is 5.26 Å². The number of fused-ring (bicyclic) bond motifs is 17. The third kappa shape index (κ3) is 7.98. The molecule has 0 N–H and O–H groups in total. The molecule has 9 heteroatoms. The largest absolute Gasteiger partial charge is 0.439 e. The number of aromatic nitrogens is 7. The van der Waals surface area contributed by atoms with Crippen molar-refractivity contribution in [2.75, 3.05) is 0 Å². The van der Waals surface area contributed by atoms with E-state index in [4.69, 9.17) is 14.4 Å². The molecule has 0 bridgehead atoms. The van der Waals surface area contributed by atoms with Crippen molar-refractivity contribution < 1.29 is 4.42 Å². The second kappa shape index (κ2) is 21.6. The maximum absolute atomic E-state index is 13.0. The average Bonchev–Trinajstić information content (AvgIpc) is 1.44. The molecule has 0 amide bonds. The molecular formula is C91H54N8O. The van der Waals surface area contributed by atoms with Gasteiger partial charge in [0.1, 0.15) is 23.3 Å². The van der Waals surface area contributed by atoms with E-state index in [1.165, 1.54) is 0 Å². The van der Waals surface area contributed by atoms with Crippen LogP contribution in [0.25, 0.3) is 194 Å². The lowest BCUT2D eigenvalue weighted by Crippen LogP contribution is -2.11. The van der Waals surface area contributed by atoms with Gasteiger partial charge in [-0.1, -0.05) is 237 Å². The molecular weight excluding hydrogens is 1220 g/mol. The molecule has 100 heavy (non-hydrogen) atoms. The molecule has 9 nitrogen and oxygen atoms in total. The van der Waals surface area contributed by atoms with Gasteiger partial charge in [-0.05, 0) is 102 Å². The van der Waals surface area contributed by atoms with Crippen LogP contribution in [0.3, 0.4) is 0 Å². The molecule has 0 saturated heterocycles. The van der Waals surface area contributed by atoms with Gasteiger partial charge in [0.05, 0.1) is 66.3 Å². The standard InChI is InChI=1S/C91H54N8O/c92-55-71-88(85(57-30-8-2-9-31-57)84(56-28-6-1-7-29-56)86(58-32-10-3-11-33-58)89(71)99-76-48-26-20-42-65(76)87-66-43-21-27-49-81(66)100-91(87)99)90-93-82(97-74-46-24-18-40-63(74)69-50-67-61-38-16-22-44-72(61)95(77(67)52-79(69)97)59-34-12-4-13-35-59)54-83(94-90)98-75-47-25-19-41-64(75)70-51-68-62-39-17-23-45-73(62)96(78(68)53-80(70)98)60-36-14-5-15-37-60/h1-54H. The van der Waals surface area contributed by atoms with E-state index >= 15 is 0 Å². The lowest BCUT2D eigenvalue weighted by atomic mass is 9.80. The number of benzene rings is 14. The highest BCUT2D eigenvalue weighted by molar-refractivity contribution is 6.23. The Labute approximate surface area is 572 Å². The Balaban J connectivity index is 0.975. The van der Waals surface area contributed by atoms with Crippen molar-refractivity contribution in [2.24, 2.45) is 0 Å². The fourth-order valence-corrected chi connectivity index (χ4v) is 16.5. The molecule has 14 aromatic carbocycles. The highest BCUT2D eigenvalue weighted by Gasteiger charge is 2.34. The first-order chi connectivity index (χ1) is 49.6. The molecule has 0 aliphatic heterocycles. The summed E-state index contributed by atoms with van der Waals surface area (Å²) >= 11 is 0. The second-order valence-electron chi connectivity index (χ2n) is 25.8. The predicted molar refractivity (Wildman–Crippen MR) is 410 cm³/mol. The molecule has 0 spiro atoms. The van der Waals surface area contributed by atoms with Crippen LogP contribution in [-0.4, -0.2) is 32.8 Å². The van der Waals surface area contributed by atoms with Gasteiger partial charge in [0.15, 0.2) is 5.82 Å². The van der Waals surface area contributed by atoms with E-state index in [1.54, 1.807) is 0 Å². The van der Waals surface area contributed by atoms with Gasteiger partial charge in [0.2, 0.25) is 5.71 Å². The van der Waals surface area contributed by atoms with E-state index in [-0.39, 0.29) is 0 Å². The second-order valence-corrected chi connectivity index (χ2v) is 25.8. The number of furan rings is 1. The number of rotatable bonds is 9. The van der Waals surface area contributed by atoms with Gasteiger partial charge >= 0.3 is 0 Å². The van der Waals surface area contributed by atoms with Crippen LogP contribution in [-0.2, 0) is 0 Å². The molecule has 0 atom stereocenters. The van der Waals surface area contributed by atoms with Crippen LogP contribution in [0.15, 0.2) is 332 Å². The van der Waals surface area contributed by atoms with Crippen LogP contribution in [0.1, 0.15) is 5.56 Å². The summed E-state index contributed by atoms with van der Waals surface area (Å²) in [4.78, 5) is 12.2. The Kier molecular flexibility index (Phi) is 12.0. The minimum Gasteiger partial charge on any atom is -0.439 e. The molecule has 0 radical (unpaired) electrons. The number of para-hydroxylation sites is 8. The zero-order valence-electron chi connectivity index (χ0n) is 53.7. The highest BCUT2D eigenvalue weighted by atomic mass is 16.3. The van der Waals surface area contributed by atoms with Gasteiger partial charge in [0, 0.05) is 93.6 Å². The van der Waals surface area contributed by atoms with Crippen LogP contribution < -0.4 is 0 Å². The quantitative estimate of drug-likeness (QED) is 0.144. The molecule has 0 aliphatic carbocycles. The number of hydrogen-bond donors (Lipinski definition) is 0. The summed E-state index contributed by atoms with van der Waals surface area (Å²) in [5.74, 6) is 1.58. The number of nitrogens with zero attached hydrogens (tertiary/aromatic N) is 8. The lowest BCUT2D eigenvalue weighted by molar-refractivity contribution is 0.645. The molecule has 0 fully saturated rings. The molecule has 0 saturated carbocycles. The van der Waals surface area contributed by atoms with E-state index < -0.39 is 0 Å². The first-order valence-corrected chi connectivity index (χ1v) is 33.8. The van der Waals surface area contributed by atoms with Crippen LogP contribution in [0, 0.1) is 11.3 Å². The Morgan fingerprint density at radius 1 is 0.270 bits per heavy atom. The Morgan fingerprint density at radius 3 is 1.05 bits per heavy atom. The maximum Gasteiger partial charge on any atom is 0.213 e. The normalized spacial score (nSPS) is 12.0. The van der Waals surface area contributed by atoms with Crippen molar-refractivity contribution in [3.05, 3.63) is 333 Å². The number of hydrogen-bond acceptors (Lipinski definition) is 4. The van der Waals surface area contributed by atoms with Gasteiger partial charge < -0.3 is 13.6 Å². The van der Waals surface area contributed by atoms with Crippen molar-refractivity contribution >= 4 is 120 Å². The molecule has 0 aliphatic rings. The highest BCUT2D eigenvalue weighted by Crippen LogP contribution is 2.54. The smallest absolute Gasteiger partial charge is 0.213 e. The van der Waals surface area contributed by atoms with E-state index in [0.717, 1.165) is 159 Å². The summed E-state index contributed by atoms with van der Waals surface area (Å²) in [7, 11) is 0. The van der Waals surface area contributed by atoms with Crippen LogP contribution in [0.5, 0.6) is 0 Å². The summed E-state index contributed by atoms with van der Waals surface area (Å²) in [5, 5.41) is 24.9.